The van der Waals surface area contributed by atoms with Gasteiger partial charge in [0.2, 0.25) is 0 Å². The van der Waals surface area contributed by atoms with E-state index in [0.29, 0.717) is 19.3 Å². The second-order valence-corrected chi connectivity index (χ2v) is 12.3. The van der Waals surface area contributed by atoms with Crippen LogP contribution in [0.1, 0.15) is 73.6 Å². The van der Waals surface area contributed by atoms with Crippen molar-refractivity contribution in [1.82, 2.24) is 0 Å². The summed E-state index contributed by atoms with van der Waals surface area (Å²) in [5.74, 6) is -1.36. The Balaban J connectivity index is 1.75. The monoisotopic (exact) mass is 410 g/mol. The normalized spacial score (nSPS) is 62.3. The van der Waals surface area contributed by atoms with E-state index in [-0.39, 0.29) is 17.8 Å². The van der Waals surface area contributed by atoms with Crippen LogP contribution in [0.2, 0.25) is 0 Å². The molecular weight excluding hydrogens is 372 g/mol. The molecule has 10 atom stereocenters. The van der Waals surface area contributed by atoms with E-state index in [1.54, 1.807) is 0 Å². The molecule has 29 heavy (non-hydrogen) atoms. The van der Waals surface area contributed by atoms with Crippen LogP contribution in [-0.2, 0) is 9.47 Å². The lowest BCUT2D eigenvalue weighted by Gasteiger charge is -2.51. The molecule has 6 nitrogen and oxygen atoms in total. The van der Waals surface area contributed by atoms with E-state index in [1.165, 1.54) is 0 Å². The van der Waals surface area contributed by atoms with Crippen molar-refractivity contribution in [3.63, 3.8) is 0 Å². The molecule has 0 amide bonds. The van der Waals surface area contributed by atoms with E-state index in [4.69, 9.17) is 9.47 Å². The molecule has 5 fully saturated rings. The fourth-order valence-corrected chi connectivity index (χ4v) is 8.77. The lowest BCUT2D eigenvalue weighted by atomic mass is 9.58. The Morgan fingerprint density at radius 1 is 0.897 bits per heavy atom. The molecule has 1 saturated heterocycles. The first-order chi connectivity index (χ1) is 13.1. The Hall–Kier alpha value is -0.240. The lowest BCUT2D eigenvalue weighted by Crippen LogP contribution is -2.61. The van der Waals surface area contributed by atoms with Gasteiger partial charge in [-0.15, -0.1) is 0 Å². The molecule has 0 radical (unpaired) electrons. The highest BCUT2D eigenvalue weighted by atomic mass is 16.8. The van der Waals surface area contributed by atoms with Crippen molar-refractivity contribution in [2.24, 2.45) is 28.6 Å². The summed E-state index contributed by atoms with van der Waals surface area (Å²) >= 11 is 0. The topological polar surface area (TPSA) is 99.4 Å². The first-order valence-electron chi connectivity index (χ1n) is 11.3. The summed E-state index contributed by atoms with van der Waals surface area (Å²) in [5.41, 5.74) is -4.34. The maximum absolute atomic E-state index is 12.1. The standard InChI is InChI=1S/C23H38O6/c1-18(2)15(24)9-14-21(6,27)13-8-7-12-10-22(13,11-20(12,5)26)16(25)17-23(14,18)29-19(3,4)28-17/h12-17,24-27H,7-11H2,1-6H3/t12-,13-,14-,15-,16+,17+,20+,21+,22?,23?/m0/s1. The molecule has 4 saturated carbocycles. The van der Waals surface area contributed by atoms with Crippen molar-refractivity contribution in [3.8, 4) is 0 Å². The Bertz CT molecular complexity index is 729. The Morgan fingerprint density at radius 3 is 2.21 bits per heavy atom. The second-order valence-electron chi connectivity index (χ2n) is 12.3. The fraction of sp³-hybridized carbons (Fsp3) is 1.00. The van der Waals surface area contributed by atoms with Crippen molar-refractivity contribution < 1.29 is 29.9 Å². The van der Waals surface area contributed by atoms with Gasteiger partial charge in [-0.05, 0) is 71.6 Å². The fourth-order valence-electron chi connectivity index (χ4n) is 8.77. The highest BCUT2D eigenvalue weighted by Crippen LogP contribution is 2.72. The molecule has 4 aliphatic carbocycles. The molecule has 5 rings (SSSR count). The van der Waals surface area contributed by atoms with Gasteiger partial charge in [0.15, 0.2) is 5.79 Å². The third kappa shape index (κ3) is 2.19. The van der Waals surface area contributed by atoms with Gasteiger partial charge >= 0.3 is 0 Å². The summed E-state index contributed by atoms with van der Waals surface area (Å²) in [7, 11) is 0. The molecule has 0 aromatic rings. The van der Waals surface area contributed by atoms with E-state index < -0.39 is 51.7 Å². The zero-order valence-corrected chi connectivity index (χ0v) is 18.6. The van der Waals surface area contributed by atoms with E-state index in [9.17, 15) is 20.4 Å². The maximum atomic E-state index is 12.1. The number of aliphatic hydroxyl groups excluding tert-OH is 2. The summed E-state index contributed by atoms with van der Waals surface area (Å²) in [6.07, 6.45) is 0.937. The van der Waals surface area contributed by atoms with E-state index in [0.717, 1.165) is 12.8 Å². The van der Waals surface area contributed by atoms with Crippen LogP contribution in [0, 0.1) is 28.6 Å². The SMILES string of the molecule is CC1(C)O[C@@H]2[C@@H](O)C34C[C@H](CC[C@H]3[C@@](C)(O)[C@@H]3C[C@H](O)C(C)(C)C23O1)[C@](C)(O)C4. The highest BCUT2D eigenvalue weighted by Gasteiger charge is 2.81. The summed E-state index contributed by atoms with van der Waals surface area (Å²) in [6.45, 7) is 11.4. The highest BCUT2D eigenvalue weighted by molar-refractivity contribution is 5.28. The van der Waals surface area contributed by atoms with E-state index in [2.05, 4.69) is 0 Å². The summed E-state index contributed by atoms with van der Waals surface area (Å²) in [4.78, 5) is 0. The minimum Gasteiger partial charge on any atom is -0.392 e. The quantitative estimate of drug-likeness (QED) is 0.487. The Kier molecular flexibility index (Phi) is 3.83. The van der Waals surface area contributed by atoms with Crippen molar-refractivity contribution in [1.29, 1.82) is 0 Å². The van der Waals surface area contributed by atoms with Gasteiger partial charge in [-0.3, -0.25) is 0 Å². The minimum atomic E-state index is -1.15. The molecule has 166 valence electrons. The number of hydrogen-bond acceptors (Lipinski definition) is 6. The van der Waals surface area contributed by atoms with Crippen LogP contribution in [0.15, 0.2) is 0 Å². The van der Waals surface area contributed by atoms with Gasteiger partial charge in [-0.2, -0.15) is 0 Å². The smallest absolute Gasteiger partial charge is 0.164 e. The predicted molar refractivity (Wildman–Crippen MR) is 106 cm³/mol. The van der Waals surface area contributed by atoms with Gasteiger partial charge in [0, 0.05) is 16.7 Å². The third-order valence-corrected chi connectivity index (χ3v) is 10.0. The number of aliphatic hydroxyl groups is 4. The van der Waals surface area contributed by atoms with Gasteiger partial charge in [0.25, 0.3) is 0 Å². The van der Waals surface area contributed by atoms with Crippen LogP contribution in [0.5, 0.6) is 0 Å². The van der Waals surface area contributed by atoms with Crippen LogP contribution in [0.3, 0.4) is 0 Å². The molecule has 0 aromatic heterocycles. The molecule has 6 heteroatoms. The first kappa shape index (κ1) is 20.7. The largest absolute Gasteiger partial charge is 0.392 e. The van der Waals surface area contributed by atoms with Crippen molar-refractivity contribution in [2.75, 3.05) is 0 Å². The third-order valence-electron chi connectivity index (χ3n) is 10.0. The van der Waals surface area contributed by atoms with Crippen LogP contribution in [0.4, 0.5) is 0 Å². The van der Waals surface area contributed by atoms with Crippen LogP contribution in [-0.4, -0.2) is 61.3 Å². The number of rotatable bonds is 0. The average Bonchev–Trinajstić information content (AvgIpc) is 3.06. The molecule has 4 N–H and O–H groups in total. The molecule has 5 aliphatic rings. The second kappa shape index (κ2) is 5.38. The van der Waals surface area contributed by atoms with Crippen molar-refractivity contribution in [2.45, 2.75) is 115 Å². The average molecular weight is 411 g/mol. The molecule has 2 spiro atoms. The zero-order valence-electron chi connectivity index (χ0n) is 18.6. The van der Waals surface area contributed by atoms with Crippen LogP contribution in [0.25, 0.3) is 0 Å². The molecule has 2 bridgehead atoms. The van der Waals surface area contributed by atoms with Crippen LogP contribution >= 0.6 is 0 Å². The maximum Gasteiger partial charge on any atom is 0.164 e. The Morgan fingerprint density at radius 2 is 1.55 bits per heavy atom. The summed E-state index contributed by atoms with van der Waals surface area (Å²) < 4.78 is 13.0. The molecule has 0 aromatic carbocycles. The molecule has 1 heterocycles. The zero-order chi connectivity index (χ0) is 21.4. The molecular formula is C23H38O6. The number of fused-ring (bicyclic) bond motifs is 1. The lowest BCUT2D eigenvalue weighted by molar-refractivity contribution is -0.227. The number of ether oxygens (including phenoxy) is 2. The van der Waals surface area contributed by atoms with E-state index >= 15 is 0 Å². The Labute approximate surface area is 173 Å². The summed E-state index contributed by atoms with van der Waals surface area (Å²) in [6, 6.07) is 0. The molecule has 1 aliphatic heterocycles. The summed E-state index contributed by atoms with van der Waals surface area (Å²) in [5, 5.41) is 46.3. The van der Waals surface area contributed by atoms with Gasteiger partial charge < -0.3 is 29.9 Å². The van der Waals surface area contributed by atoms with Gasteiger partial charge in [0.05, 0.1) is 23.4 Å². The van der Waals surface area contributed by atoms with Crippen molar-refractivity contribution in [3.05, 3.63) is 0 Å². The van der Waals surface area contributed by atoms with Gasteiger partial charge in [-0.25, -0.2) is 0 Å². The minimum absolute atomic E-state index is 0.118. The van der Waals surface area contributed by atoms with E-state index in [1.807, 2.05) is 41.5 Å². The first-order valence-corrected chi connectivity index (χ1v) is 11.3. The van der Waals surface area contributed by atoms with Crippen molar-refractivity contribution >= 4 is 0 Å². The van der Waals surface area contributed by atoms with Gasteiger partial charge in [-0.1, -0.05) is 13.8 Å². The van der Waals surface area contributed by atoms with Crippen LogP contribution < -0.4 is 0 Å². The van der Waals surface area contributed by atoms with Gasteiger partial charge in [0.1, 0.15) is 11.7 Å². The predicted octanol–water partition coefficient (Wildman–Crippen LogP) is 1.97. The number of hydrogen-bond donors (Lipinski definition) is 4. The molecule has 2 unspecified atom stereocenters.